The normalized spacial score (nSPS) is 12.4. The Bertz CT molecular complexity index is 924. The van der Waals surface area contributed by atoms with Gasteiger partial charge in [-0.1, -0.05) is 11.6 Å². The SMILES string of the molecule is COc1cc(Cl)c(C)cc1NC(=O)CCSc1nc2c(cc1C#N)CCC2. The van der Waals surface area contributed by atoms with Gasteiger partial charge in [-0.2, -0.15) is 5.26 Å². The molecule has 1 N–H and O–H groups in total. The van der Waals surface area contributed by atoms with Gasteiger partial charge in [-0.05, 0) is 49.4 Å². The number of methoxy groups -OCH3 is 1. The zero-order valence-electron chi connectivity index (χ0n) is 15.3. The molecule has 1 aromatic heterocycles. The molecule has 7 heteroatoms. The smallest absolute Gasteiger partial charge is 0.225 e. The van der Waals surface area contributed by atoms with Crippen molar-refractivity contribution in [3.8, 4) is 11.8 Å². The summed E-state index contributed by atoms with van der Waals surface area (Å²) in [5.41, 5.74) is 4.32. The van der Waals surface area contributed by atoms with Crippen molar-refractivity contribution in [2.24, 2.45) is 0 Å². The van der Waals surface area contributed by atoms with Crippen LogP contribution in [-0.4, -0.2) is 23.8 Å². The third-order valence-electron chi connectivity index (χ3n) is 4.46. The zero-order chi connectivity index (χ0) is 19.4. The van der Waals surface area contributed by atoms with Gasteiger partial charge in [0.05, 0.1) is 18.4 Å². The van der Waals surface area contributed by atoms with Gasteiger partial charge in [0.2, 0.25) is 5.91 Å². The predicted octanol–water partition coefficient (Wildman–Crippen LogP) is 4.53. The van der Waals surface area contributed by atoms with Crippen LogP contribution in [-0.2, 0) is 17.6 Å². The minimum Gasteiger partial charge on any atom is -0.495 e. The first-order chi connectivity index (χ1) is 13.0. The lowest BCUT2D eigenvalue weighted by Gasteiger charge is -2.12. The zero-order valence-corrected chi connectivity index (χ0v) is 16.8. The quantitative estimate of drug-likeness (QED) is 0.719. The Balaban J connectivity index is 1.61. The standard InChI is InChI=1S/C20H20ClN3O2S/c1-12-8-17(18(26-2)10-15(12)21)23-19(25)6-7-27-20-14(11-22)9-13-4-3-5-16(13)24-20/h8-10H,3-7H2,1-2H3,(H,23,25). The number of ether oxygens (including phenoxy) is 1. The Labute approximate surface area is 168 Å². The van der Waals surface area contributed by atoms with Gasteiger partial charge < -0.3 is 10.1 Å². The lowest BCUT2D eigenvalue weighted by Crippen LogP contribution is -2.13. The monoisotopic (exact) mass is 401 g/mol. The van der Waals surface area contributed by atoms with Crippen LogP contribution in [0.4, 0.5) is 5.69 Å². The molecule has 0 saturated heterocycles. The fourth-order valence-electron chi connectivity index (χ4n) is 3.03. The van der Waals surface area contributed by atoms with Crippen molar-refractivity contribution in [3.63, 3.8) is 0 Å². The molecule has 27 heavy (non-hydrogen) atoms. The predicted molar refractivity (Wildman–Crippen MR) is 108 cm³/mol. The second kappa shape index (κ2) is 8.64. The molecule has 0 aliphatic heterocycles. The maximum atomic E-state index is 12.3. The number of nitrogens with one attached hydrogen (secondary N) is 1. The molecular weight excluding hydrogens is 382 g/mol. The number of amides is 1. The van der Waals surface area contributed by atoms with E-state index in [-0.39, 0.29) is 5.91 Å². The molecule has 140 valence electrons. The maximum absolute atomic E-state index is 12.3. The third-order valence-corrected chi connectivity index (χ3v) is 5.86. The Morgan fingerprint density at radius 1 is 1.41 bits per heavy atom. The van der Waals surface area contributed by atoms with Gasteiger partial charge in [0.15, 0.2) is 0 Å². The number of fused-ring (bicyclic) bond motifs is 1. The van der Waals surface area contributed by atoms with E-state index < -0.39 is 0 Å². The van der Waals surface area contributed by atoms with Gasteiger partial charge in [0, 0.05) is 29.0 Å². The van der Waals surface area contributed by atoms with Crippen LogP contribution in [0.1, 0.15) is 35.2 Å². The van der Waals surface area contributed by atoms with Gasteiger partial charge in [0.25, 0.3) is 0 Å². The minimum absolute atomic E-state index is 0.123. The summed E-state index contributed by atoms with van der Waals surface area (Å²) in [6.07, 6.45) is 3.35. The second-order valence-electron chi connectivity index (χ2n) is 6.36. The highest BCUT2D eigenvalue weighted by Gasteiger charge is 2.17. The summed E-state index contributed by atoms with van der Waals surface area (Å²) in [6, 6.07) is 7.64. The number of anilines is 1. The summed E-state index contributed by atoms with van der Waals surface area (Å²) in [5.74, 6) is 0.946. The highest BCUT2D eigenvalue weighted by molar-refractivity contribution is 7.99. The molecule has 1 heterocycles. The molecule has 1 aliphatic rings. The van der Waals surface area contributed by atoms with Crippen LogP contribution < -0.4 is 10.1 Å². The summed E-state index contributed by atoms with van der Waals surface area (Å²) in [4.78, 5) is 16.9. The lowest BCUT2D eigenvalue weighted by atomic mass is 10.2. The number of carbonyl (C=O) groups is 1. The highest BCUT2D eigenvalue weighted by Crippen LogP contribution is 2.31. The van der Waals surface area contributed by atoms with Crippen molar-refractivity contribution in [3.05, 3.63) is 45.6 Å². The summed E-state index contributed by atoms with van der Waals surface area (Å²) >= 11 is 7.54. The fourth-order valence-corrected chi connectivity index (χ4v) is 4.10. The summed E-state index contributed by atoms with van der Waals surface area (Å²) in [5, 5.41) is 13.5. The van der Waals surface area contributed by atoms with Crippen LogP contribution in [0.5, 0.6) is 5.75 Å². The second-order valence-corrected chi connectivity index (χ2v) is 7.85. The number of nitriles is 1. The van der Waals surface area contributed by atoms with Gasteiger partial charge in [-0.15, -0.1) is 11.8 Å². The van der Waals surface area contributed by atoms with E-state index in [0.29, 0.717) is 39.2 Å². The Hall–Kier alpha value is -2.23. The first-order valence-corrected chi connectivity index (χ1v) is 10.1. The molecule has 0 atom stereocenters. The number of hydrogen-bond donors (Lipinski definition) is 1. The highest BCUT2D eigenvalue weighted by atomic mass is 35.5. The van der Waals surface area contributed by atoms with E-state index in [1.807, 2.05) is 13.0 Å². The lowest BCUT2D eigenvalue weighted by molar-refractivity contribution is -0.115. The summed E-state index contributed by atoms with van der Waals surface area (Å²) < 4.78 is 5.28. The van der Waals surface area contributed by atoms with E-state index in [1.54, 1.807) is 12.1 Å². The number of pyridine rings is 1. The number of hydrogen-bond acceptors (Lipinski definition) is 5. The van der Waals surface area contributed by atoms with Crippen LogP contribution in [0.3, 0.4) is 0 Å². The number of benzene rings is 1. The van der Waals surface area contributed by atoms with E-state index in [2.05, 4.69) is 16.4 Å². The van der Waals surface area contributed by atoms with E-state index in [9.17, 15) is 10.1 Å². The van der Waals surface area contributed by atoms with Gasteiger partial charge >= 0.3 is 0 Å². The molecule has 2 aromatic rings. The van der Waals surface area contributed by atoms with Crippen molar-refractivity contribution in [2.45, 2.75) is 37.6 Å². The number of nitrogens with zero attached hydrogens (tertiary/aromatic N) is 2. The first-order valence-electron chi connectivity index (χ1n) is 8.71. The van der Waals surface area contributed by atoms with Gasteiger partial charge in [0.1, 0.15) is 16.8 Å². The molecule has 5 nitrogen and oxygen atoms in total. The molecule has 0 radical (unpaired) electrons. The van der Waals surface area contributed by atoms with Crippen molar-refractivity contribution >= 4 is 35.0 Å². The molecular formula is C20H20ClN3O2S. The van der Waals surface area contributed by atoms with E-state index >= 15 is 0 Å². The van der Waals surface area contributed by atoms with E-state index in [4.69, 9.17) is 16.3 Å². The Kier molecular flexibility index (Phi) is 6.25. The molecule has 0 fully saturated rings. The van der Waals surface area contributed by atoms with Crippen LogP contribution in [0.25, 0.3) is 0 Å². The number of carbonyl (C=O) groups excluding carboxylic acids is 1. The molecule has 0 saturated carbocycles. The maximum Gasteiger partial charge on any atom is 0.225 e. The largest absolute Gasteiger partial charge is 0.495 e. The Morgan fingerprint density at radius 2 is 2.22 bits per heavy atom. The van der Waals surface area contributed by atoms with Crippen molar-refractivity contribution < 1.29 is 9.53 Å². The molecule has 0 unspecified atom stereocenters. The number of halogens is 1. The number of aryl methyl sites for hydroxylation is 3. The minimum atomic E-state index is -0.123. The number of aromatic nitrogens is 1. The first kappa shape index (κ1) is 19.5. The van der Waals surface area contributed by atoms with Crippen molar-refractivity contribution in [1.82, 2.24) is 4.98 Å². The van der Waals surface area contributed by atoms with Crippen LogP contribution in [0, 0.1) is 18.3 Å². The van der Waals surface area contributed by atoms with Crippen molar-refractivity contribution in [1.29, 1.82) is 5.26 Å². The fraction of sp³-hybridized carbons (Fsp3) is 0.350. The van der Waals surface area contributed by atoms with Crippen LogP contribution >= 0.6 is 23.4 Å². The number of thioether (sulfide) groups is 1. The average molecular weight is 402 g/mol. The topological polar surface area (TPSA) is 75.0 Å². The molecule has 3 rings (SSSR count). The Morgan fingerprint density at radius 3 is 2.96 bits per heavy atom. The van der Waals surface area contributed by atoms with Crippen LogP contribution in [0.2, 0.25) is 5.02 Å². The molecule has 1 aromatic carbocycles. The molecule has 1 amide bonds. The third kappa shape index (κ3) is 4.55. The van der Waals surface area contributed by atoms with Crippen LogP contribution in [0.15, 0.2) is 23.2 Å². The summed E-state index contributed by atoms with van der Waals surface area (Å²) in [7, 11) is 1.54. The van der Waals surface area contributed by atoms with Gasteiger partial charge in [-0.3, -0.25) is 4.79 Å². The molecule has 1 aliphatic carbocycles. The molecule has 0 spiro atoms. The van der Waals surface area contributed by atoms with Crippen molar-refractivity contribution in [2.75, 3.05) is 18.2 Å². The van der Waals surface area contributed by atoms with Gasteiger partial charge in [-0.25, -0.2) is 4.98 Å². The number of rotatable bonds is 6. The average Bonchev–Trinajstić information content (AvgIpc) is 3.11. The van der Waals surface area contributed by atoms with E-state index in [0.717, 1.165) is 30.5 Å². The van der Waals surface area contributed by atoms with E-state index in [1.165, 1.54) is 24.4 Å². The molecule has 0 bridgehead atoms. The summed E-state index contributed by atoms with van der Waals surface area (Å²) in [6.45, 7) is 1.87.